The van der Waals surface area contributed by atoms with E-state index in [4.69, 9.17) is 0 Å². The zero-order valence-corrected chi connectivity index (χ0v) is 12.4. The Kier molecular flexibility index (Phi) is 5.75. The van der Waals surface area contributed by atoms with Gasteiger partial charge in [-0.3, -0.25) is 9.59 Å². The lowest BCUT2D eigenvalue weighted by Gasteiger charge is -2.22. The molecular weight excluding hydrogens is 266 g/mol. The van der Waals surface area contributed by atoms with Crippen LogP contribution >= 0.6 is 0 Å². The van der Waals surface area contributed by atoms with Gasteiger partial charge < -0.3 is 16.0 Å². The number of nitrogens with one attached hydrogen (secondary N) is 3. The zero-order valence-electron chi connectivity index (χ0n) is 12.4. The number of carbonyl (C=O) groups excluding carboxylic acids is 2. The van der Waals surface area contributed by atoms with Crippen molar-refractivity contribution in [2.45, 2.75) is 32.6 Å². The van der Waals surface area contributed by atoms with E-state index in [0.717, 1.165) is 38.0 Å². The maximum atomic E-state index is 12.2. The minimum Gasteiger partial charge on any atom is -0.326 e. The maximum Gasteiger partial charge on any atom is 0.228 e. The Balaban J connectivity index is 1.93. The maximum absolute atomic E-state index is 12.2. The Labute approximate surface area is 125 Å². The number of carbonyl (C=O) groups is 2. The molecule has 1 aromatic carbocycles. The molecule has 0 spiro atoms. The lowest BCUT2D eigenvalue weighted by molar-refractivity contribution is -0.120. The number of benzene rings is 1. The first kappa shape index (κ1) is 15.5. The topological polar surface area (TPSA) is 70.2 Å². The van der Waals surface area contributed by atoms with Crippen molar-refractivity contribution in [1.29, 1.82) is 0 Å². The highest BCUT2D eigenvalue weighted by molar-refractivity contribution is 5.95. The molecule has 21 heavy (non-hydrogen) atoms. The molecule has 1 aliphatic rings. The minimum atomic E-state index is -0.00235. The fourth-order valence-electron chi connectivity index (χ4n) is 2.45. The Hall–Kier alpha value is -1.88. The van der Waals surface area contributed by atoms with Crippen molar-refractivity contribution in [3.63, 3.8) is 0 Å². The fourth-order valence-corrected chi connectivity index (χ4v) is 2.45. The molecule has 0 bridgehead atoms. The van der Waals surface area contributed by atoms with Gasteiger partial charge in [0.2, 0.25) is 11.8 Å². The van der Waals surface area contributed by atoms with E-state index in [1.807, 2.05) is 25.1 Å². The number of hydrogen-bond acceptors (Lipinski definition) is 3. The van der Waals surface area contributed by atoms with Crippen LogP contribution in [0.3, 0.4) is 0 Å². The molecule has 0 aliphatic carbocycles. The van der Waals surface area contributed by atoms with Gasteiger partial charge in [-0.15, -0.1) is 0 Å². The Morgan fingerprint density at radius 3 is 2.71 bits per heavy atom. The summed E-state index contributed by atoms with van der Waals surface area (Å²) in [6.45, 7) is 3.69. The van der Waals surface area contributed by atoms with E-state index in [9.17, 15) is 9.59 Å². The van der Waals surface area contributed by atoms with E-state index >= 15 is 0 Å². The van der Waals surface area contributed by atoms with Gasteiger partial charge in [-0.25, -0.2) is 0 Å². The lowest BCUT2D eigenvalue weighted by atomic mass is 9.99. The number of rotatable bonds is 5. The highest BCUT2D eigenvalue weighted by Crippen LogP contribution is 2.18. The Morgan fingerprint density at radius 1 is 1.29 bits per heavy atom. The summed E-state index contributed by atoms with van der Waals surface area (Å²) in [6, 6.07) is 7.28. The summed E-state index contributed by atoms with van der Waals surface area (Å²) < 4.78 is 0. The summed E-state index contributed by atoms with van der Waals surface area (Å²) in [6.07, 6.45) is 3.28. The summed E-state index contributed by atoms with van der Waals surface area (Å²) in [5.41, 5.74) is 1.44. The zero-order chi connectivity index (χ0) is 15.1. The minimum absolute atomic E-state index is 0.00235. The number of piperidine rings is 1. The smallest absolute Gasteiger partial charge is 0.228 e. The van der Waals surface area contributed by atoms with Crippen LogP contribution in [0.2, 0.25) is 0 Å². The van der Waals surface area contributed by atoms with Crippen molar-refractivity contribution in [3.05, 3.63) is 24.3 Å². The molecule has 5 heteroatoms. The van der Waals surface area contributed by atoms with Crippen LogP contribution in [0.25, 0.3) is 0 Å². The summed E-state index contributed by atoms with van der Waals surface area (Å²) in [4.78, 5) is 23.8. The molecule has 1 saturated heterocycles. The van der Waals surface area contributed by atoms with Gasteiger partial charge in [0, 0.05) is 24.3 Å². The van der Waals surface area contributed by atoms with Gasteiger partial charge in [0.15, 0.2) is 0 Å². The SMILES string of the molecule is CCCC(=O)Nc1cccc(NC(=O)C2CCCNC2)c1. The van der Waals surface area contributed by atoms with Gasteiger partial charge in [-0.1, -0.05) is 13.0 Å². The monoisotopic (exact) mass is 289 g/mol. The standard InChI is InChI=1S/C16H23N3O2/c1-2-5-15(20)18-13-7-3-8-14(10-13)19-16(21)12-6-4-9-17-11-12/h3,7-8,10,12,17H,2,4-6,9,11H2,1H3,(H,18,20)(H,19,21). The molecule has 3 N–H and O–H groups in total. The van der Waals surface area contributed by atoms with E-state index < -0.39 is 0 Å². The average Bonchev–Trinajstić information content (AvgIpc) is 2.48. The van der Waals surface area contributed by atoms with E-state index in [1.54, 1.807) is 6.07 Å². The number of hydrogen-bond donors (Lipinski definition) is 3. The van der Waals surface area contributed by atoms with Gasteiger partial charge in [-0.05, 0) is 44.0 Å². The predicted molar refractivity (Wildman–Crippen MR) is 84.2 cm³/mol. The first-order valence-corrected chi connectivity index (χ1v) is 7.60. The number of anilines is 2. The van der Waals surface area contributed by atoms with E-state index in [-0.39, 0.29) is 17.7 Å². The van der Waals surface area contributed by atoms with Gasteiger partial charge in [-0.2, -0.15) is 0 Å². The Bertz CT molecular complexity index is 496. The second-order valence-corrected chi connectivity index (χ2v) is 5.41. The van der Waals surface area contributed by atoms with E-state index in [2.05, 4.69) is 16.0 Å². The first-order chi connectivity index (χ1) is 10.2. The predicted octanol–water partition coefficient (Wildman–Crippen LogP) is 2.36. The third-order valence-electron chi connectivity index (χ3n) is 3.56. The fraction of sp³-hybridized carbons (Fsp3) is 0.500. The molecule has 0 saturated carbocycles. The van der Waals surface area contributed by atoms with Crippen LogP contribution in [0, 0.1) is 5.92 Å². The second-order valence-electron chi connectivity index (χ2n) is 5.41. The second kappa shape index (κ2) is 7.78. The Morgan fingerprint density at radius 2 is 2.05 bits per heavy atom. The largest absolute Gasteiger partial charge is 0.326 e. The van der Waals surface area contributed by atoms with Crippen LogP contribution in [0.15, 0.2) is 24.3 Å². The molecule has 1 atom stereocenters. The molecule has 1 heterocycles. The molecule has 1 fully saturated rings. The third-order valence-corrected chi connectivity index (χ3v) is 3.56. The van der Waals surface area contributed by atoms with Gasteiger partial charge in [0.25, 0.3) is 0 Å². The molecular formula is C16H23N3O2. The summed E-state index contributed by atoms with van der Waals surface area (Å²) >= 11 is 0. The van der Waals surface area contributed by atoms with Crippen LogP contribution in [0.4, 0.5) is 11.4 Å². The third kappa shape index (κ3) is 4.86. The molecule has 5 nitrogen and oxygen atoms in total. The molecule has 1 unspecified atom stereocenters. The molecule has 1 aliphatic heterocycles. The molecule has 2 rings (SSSR count). The van der Waals surface area contributed by atoms with Crippen LogP contribution in [0.5, 0.6) is 0 Å². The molecule has 114 valence electrons. The molecule has 0 radical (unpaired) electrons. The van der Waals surface area contributed by atoms with Gasteiger partial charge >= 0.3 is 0 Å². The van der Waals surface area contributed by atoms with Crippen LogP contribution in [-0.2, 0) is 9.59 Å². The summed E-state index contributed by atoms with van der Waals surface area (Å²) in [7, 11) is 0. The van der Waals surface area contributed by atoms with E-state index in [1.165, 1.54) is 0 Å². The van der Waals surface area contributed by atoms with Crippen LogP contribution < -0.4 is 16.0 Å². The van der Waals surface area contributed by atoms with Crippen molar-refractivity contribution in [1.82, 2.24) is 5.32 Å². The quantitative estimate of drug-likeness (QED) is 0.779. The van der Waals surface area contributed by atoms with Gasteiger partial charge in [0.05, 0.1) is 5.92 Å². The summed E-state index contributed by atoms with van der Waals surface area (Å²) in [5, 5.41) is 9.00. The van der Waals surface area contributed by atoms with Crippen molar-refractivity contribution in [2.24, 2.45) is 5.92 Å². The van der Waals surface area contributed by atoms with Crippen LogP contribution in [-0.4, -0.2) is 24.9 Å². The van der Waals surface area contributed by atoms with Crippen molar-refractivity contribution in [2.75, 3.05) is 23.7 Å². The highest BCUT2D eigenvalue weighted by atomic mass is 16.2. The lowest BCUT2D eigenvalue weighted by Crippen LogP contribution is -2.37. The van der Waals surface area contributed by atoms with E-state index in [0.29, 0.717) is 12.1 Å². The van der Waals surface area contributed by atoms with Crippen molar-refractivity contribution < 1.29 is 9.59 Å². The first-order valence-electron chi connectivity index (χ1n) is 7.60. The van der Waals surface area contributed by atoms with Crippen molar-refractivity contribution in [3.8, 4) is 0 Å². The normalized spacial score (nSPS) is 18.0. The van der Waals surface area contributed by atoms with Gasteiger partial charge in [0.1, 0.15) is 0 Å². The summed E-state index contributed by atoms with van der Waals surface area (Å²) in [5.74, 6) is 0.0637. The highest BCUT2D eigenvalue weighted by Gasteiger charge is 2.20. The van der Waals surface area contributed by atoms with Crippen LogP contribution in [0.1, 0.15) is 32.6 Å². The molecule has 1 aromatic rings. The average molecular weight is 289 g/mol. The molecule has 0 aromatic heterocycles. The molecule has 2 amide bonds. The van der Waals surface area contributed by atoms with Crippen molar-refractivity contribution >= 4 is 23.2 Å². The number of amides is 2.